The highest BCUT2D eigenvalue weighted by atomic mass is 31.2. The summed E-state index contributed by atoms with van der Waals surface area (Å²) in [7, 11) is -4.69. The molecule has 0 aliphatic carbocycles. The Kier molecular flexibility index (Phi) is 4.23. The Labute approximate surface area is 80.2 Å². The number of aliphatic hydroxyl groups excluding tert-OH is 1. The molecule has 0 aromatic rings. The quantitative estimate of drug-likeness (QED) is 0.384. The van der Waals surface area contributed by atoms with Crippen molar-refractivity contribution in [1.29, 1.82) is 0 Å². The zero-order chi connectivity index (χ0) is 11.6. The molecular formula is C6H13O7P. The van der Waals surface area contributed by atoms with Gasteiger partial charge in [-0.25, -0.2) is 0 Å². The standard InChI is InChI=1S/C6H13O7P/c1-6(10,2-4(7)8)3-5(9)14(11,12)13/h5,9-10H,2-3H2,1H3,(H,7,8)(H2,11,12,13)/t5?,6-/m1/s1. The lowest BCUT2D eigenvalue weighted by molar-refractivity contribution is -0.142. The molecule has 0 spiro atoms. The van der Waals surface area contributed by atoms with Gasteiger partial charge in [-0.3, -0.25) is 9.36 Å². The van der Waals surface area contributed by atoms with E-state index in [2.05, 4.69) is 0 Å². The fourth-order valence-electron chi connectivity index (χ4n) is 0.910. The molecule has 84 valence electrons. The number of rotatable bonds is 5. The van der Waals surface area contributed by atoms with E-state index in [0.717, 1.165) is 6.92 Å². The molecule has 0 saturated heterocycles. The summed E-state index contributed by atoms with van der Waals surface area (Å²) in [5.74, 6) is -3.36. The van der Waals surface area contributed by atoms with Crippen LogP contribution in [0.25, 0.3) is 0 Å². The van der Waals surface area contributed by atoms with E-state index in [4.69, 9.17) is 20.0 Å². The third kappa shape index (κ3) is 5.31. The number of aliphatic hydroxyl groups is 2. The molecule has 14 heavy (non-hydrogen) atoms. The lowest BCUT2D eigenvalue weighted by atomic mass is 9.99. The van der Waals surface area contributed by atoms with Gasteiger partial charge in [0.2, 0.25) is 0 Å². The molecule has 0 amide bonds. The minimum Gasteiger partial charge on any atom is -0.481 e. The second-order valence-electron chi connectivity index (χ2n) is 3.34. The third-order valence-electron chi connectivity index (χ3n) is 1.54. The van der Waals surface area contributed by atoms with Crippen LogP contribution in [0.2, 0.25) is 0 Å². The van der Waals surface area contributed by atoms with Gasteiger partial charge in [-0.15, -0.1) is 0 Å². The molecule has 0 bridgehead atoms. The van der Waals surface area contributed by atoms with Crippen LogP contribution in [-0.4, -0.2) is 42.5 Å². The van der Waals surface area contributed by atoms with Crippen LogP contribution in [0, 0.1) is 0 Å². The number of hydrogen-bond donors (Lipinski definition) is 5. The van der Waals surface area contributed by atoms with Crippen molar-refractivity contribution < 1.29 is 34.5 Å². The number of carboxylic acids is 1. The van der Waals surface area contributed by atoms with Gasteiger partial charge >= 0.3 is 13.6 Å². The first-order valence-electron chi connectivity index (χ1n) is 3.72. The monoisotopic (exact) mass is 228 g/mol. The van der Waals surface area contributed by atoms with Crippen LogP contribution in [0.15, 0.2) is 0 Å². The Morgan fingerprint density at radius 3 is 2.21 bits per heavy atom. The van der Waals surface area contributed by atoms with E-state index >= 15 is 0 Å². The Balaban J connectivity index is 4.36. The fraction of sp³-hybridized carbons (Fsp3) is 0.833. The highest BCUT2D eigenvalue weighted by Gasteiger charge is 2.35. The summed E-state index contributed by atoms with van der Waals surface area (Å²) in [6.45, 7) is 1.08. The van der Waals surface area contributed by atoms with Gasteiger partial charge in [0, 0.05) is 6.42 Å². The summed E-state index contributed by atoms with van der Waals surface area (Å²) in [6.07, 6.45) is -1.38. The van der Waals surface area contributed by atoms with Crippen LogP contribution >= 0.6 is 7.60 Å². The second kappa shape index (κ2) is 4.37. The maximum Gasteiger partial charge on any atom is 0.353 e. The van der Waals surface area contributed by atoms with Gasteiger partial charge in [-0.05, 0) is 6.92 Å². The van der Waals surface area contributed by atoms with E-state index in [0.29, 0.717) is 0 Å². The summed E-state index contributed by atoms with van der Waals surface area (Å²) in [5.41, 5.74) is -1.84. The third-order valence-corrected chi connectivity index (χ3v) is 2.50. The summed E-state index contributed by atoms with van der Waals surface area (Å²) in [6, 6.07) is 0. The summed E-state index contributed by atoms with van der Waals surface area (Å²) in [4.78, 5) is 27.2. The minimum atomic E-state index is -4.69. The van der Waals surface area contributed by atoms with Crippen LogP contribution in [0.4, 0.5) is 0 Å². The predicted octanol–water partition coefficient (Wildman–Crippen LogP) is -0.902. The normalized spacial score (nSPS) is 18.6. The molecule has 0 heterocycles. The zero-order valence-corrected chi connectivity index (χ0v) is 8.39. The van der Waals surface area contributed by atoms with Crippen molar-refractivity contribution >= 4 is 13.6 Å². The van der Waals surface area contributed by atoms with E-state index in [1.807, 2.05) is 0 Å². The van der Waals surface area contributed by atoms with Crippen LogP contribution in [0.5, 0.6) is 0 Å². The van der Waals surface area contributed by atoms with Crippen molar-refractivity contribution in [2.45, 2.75) is 31.2 Å². The molecule has 0 aliphatic heterocycles. The molecular weight excluding hydrogens is 215 g/mol. The average Bonchev–Trinajstić information content (AvgIpc) is 1.79. The largest absolute Gasteiger partial charge is 0.481 e. The van der Waals surface area contributed by atoms with Crippen LogP contribution in [-0.2, 0) is 9.36 Å². The van der Waals surface area contributed by atoms with Gasteiger partial charge in [-0.1, -0.05) is 0 Å². The topological polar surface area (TPSA) is 135 Å². The van der Waals surface area contributed by atoms with E-state index in [9.17, 15) is 14.5 Å². The summed E-state index contributed by atoms with van der Waals surface area (Å²) >= 11 is 0. The van der Waals surface area contributed by atoms with Gasteiger partial charge in [-0.2, -0.15) is 0 Å². The molecule has 5 N–H and O–H groups in total. The highest BCUT2D eigenvalue weighted by Crippen LogP contribution is 2.43. The van der Waals surface area contributed by atoms with Crippen molar-refractivity contribution in [3.63, 3.8) is 0 Å². The average molecular weight is 228 g/mol. The lowest BCUT2D eigenvalue weighted by Crippen LogP contribution is -2.32. The minimum absolute atomic E-state index is 0.690. The molecule has 0 fully saturated rings. The van der Waals surface area contributed by atoms with Crippen molar-refractivity contribution in [2.24, 2.45) is 0 Å². The number of carboxylic acid groups (broad SMARTS) is 1. The van der Waals surface area contributed by atoms with Gasteiger partial charge in [0.05, 0.1) is 12.0 Å². The first-order valence-corrected chi connectivity index (χ1v) is 5.40. The Morgan fingerprint density at radius 1 is 1.50 bits per heavy atom. The first kappa shape index (κ1) is 13.5. The highest BCUT2D eigenvalue weighted by molar-refractivity contribution is 7.52. The molecule has 0 saturated carbocycles. The van der Waals surface area contributed by atoms with Gasteiger partial charge < -0.3 is 25.1 Å². The molecule has 0 radical (unpaired) electrons. The molecule has 0 aromatic heterocycles. The van der Waals surface area contributed by atoms with E-state index in [1.54, 1.807) is 0 Å². The maximum atomic E-state index is 10.5. The zero-order valence-electron chi connectivity index (χ0n) is 7.49. The number of hydrogen-bond acceptors (Lipinski definition) is 4. The van der Waals surface area contributed by atoms with Crippen molar-refractivity contribution in [3.05, 3.63) is 0 Å². The van der Waals surface area contributed by atoms with Gasteiger partial charge in [0.25, 0.3) is 0 Å². The molecule has 1 unspecified atom stereocenters. The fourth-order valence-corrected chi connectivity index (χ4v) is 1.54. The van der Waals surface area contributed by atoms with Crippen LogP contribution in [0.3, 0.4) is 0 Å². The van der Waals surface area contributed by atoms with Crippen molar-refractivity contribution in [2.75, 3.05) is 0 Å². The summed E-state index contributed by atoms with van der Waals surface area (Å²) in [5, 5.41) is 26.6. The first-order chi connectivity index (χ1) is 6.04. The Morgan fingerprint density at radius 2 is 1.93 bits per heavy atom. The Bertz CT molecular complexity index is 255. The van der Waals surface area contributed by atoms with Crippen LogP contribution < -0.4 is 0 Å². The number of carbonyl (C=O) groups is 1. The SMILES string of the molecule is C[C@@](O)(CC(=O)O)CC(O)P(=O)(O)O. The molecule has 0 aromatic carbocycles. The van der Waals surface area contributed by atoms with Crippen molar-refractivity contribution in [1.82, 2.24) is 0 Å². The lowest BCUT2D eigenvalue weighted by Gasteiger charge is -2.24. The molecule has 8 heteroatoms. The molecule has 2 atom stereocenters. The second-order valence-corrected chi connectivity index (χ2v) is 5.12. The maximum absolute atomic E-state index is 10.5. The van der Waals surface area contributed by atoms with Crippen molar-refractivity contribution in [3.8, 4) is 0 Å². The molecule has 0 rings (SSSR count). The summed E-state index contributed by atoms with van der Waals surface area (Å²) < 4.78 is 10.5. The smallest absolute Gasteiger partial charge is 0.353 e. The van der Waals surface area contributed by atoms with E-state index < -0.39 is 37.9 Å². The number of aliphatic carboxylic acids is 1. The Hall–Kier alpha value is -0.460. The molecule has 0 aliphatic rings. The van der Waals surface area contributed by atoms with E-state index in [-0.39, 0.29) is 0 Å². The predicted molar refractivity (Wildman–Crippen MR) is 45.5 cm³/mol. The van der Waals surface area contributed by atoms with Gasteiger partial charge in [0.1, 0.15) is 0 Å². The van der Waals surface area contributed by atoms with Gasteiger partial charge in [0.15, 0.2) is 5.85 Å². The van der Waals surface area contributed by atoms with E-state index in [1.165, 1.54) is 0 Å². The molecule has 7 nitrogen and oxygen atoms in total. The van der Waals surface area contributed by atoms with Crippen LogP contribution in [0.1, 0.15) is 19.8 Å².